The Morgan fingerprint density at radius 3 is 2.59 bits per heavy atom. The first-order chi connectivity index (χ1) is 8.11. The first-order valence-electron chi connectivity index (χ1n) is 4.99. The second kappa shape index (κ2) is 5.57. The van der Waals surface area contributed by atoms with E-state index in [0.717, 1.165) is 15.8 Å². The van der Waals surface area contributed by atoms with Crippen LogP contribution in [0.15, 0.2) is 43.9 Å². The van der Waals surface area contributed by atoms with Gasteiger partial charge in [-0.2, -0.15) is 0 Å². The summed E-state index contributed by atoms with van der Waals surface area (Å²) < 4.78 is 7.28. The number of benzene rings is 1. The van der Waals surface area contributed by atoms with E-state index < -0.39 is 0 Å². The summed E-state index contributed by atoms with van der Waals surface area (Å²) in [4.78, 5) is 0. The fourth-order valence-corrected chi connectivity index (χ4v) is 2.65. The molecule has 90 valence electrons. The summed E-state index contributed by atoms with van der Waals surface area (Å²) in [5.41, 5.74) is 1.04. The number of hydrogen-bond acceptors (Lipinski definition) is 2. The molecule has 0 aliphatic carbocycles. The molecule has 0 radical (unpaired) electrons. The van der Waals surface area contributed by atoms with Crippen LogP contribution in [0.2, 0.25) is 5.02 Å². The van der Waals surface area contributed by atoms with E-state index in [9.17, 15) is 0 Å². The molecule has 2 rings (SSSR count). The zero-order valence-electron chi connectivity index (χ0n) is 9.01. The Balaban J connectivity index is 2.45. The van der Waals surface area contributed by atoms with Crippen LogP contribution in [0.3, 0.4) is 0 Å². The Kier molecular flexibility index (Phi) is 4.31. The maximum absolute atomic E-state index is 6.02. The first kappa shape index (κ1) is 13.1. The summed E-state index contributed by atoms with van der Waals surface area (Å²) in [6.45, 7) is 0. The minimum absolute atomic E-state index is 0.0330. The molecule has 1 aromatic heterocycles. The van der Waals surface area contributed by atoms with E-state index in [1.807, 2.05) is 37.4 Å². The van der Waals surface area contributed by atoms with Crippen molar-refractivity contribution in [1.29, 1.82) is 0 Å². The number of nitrogens with one attached hydrogen (secondary N) is 1. The quantitative estimate of drug-likeness (QED) is 0.831. The average Bonchev–Trinajstić information content (AvgIpc) is 2.71. The van der Waals surface area contributed by atoms with Gasteiger partial charge in [-0.15, -0.1) is 0 Å². The second-order valence-corrected chi connectivity index (χ2v) is 5.60. The van der Waals surface area contributed by atoms with Gasteiger partial charge in [0.25, 0.3) is 0 Å². The van der Waals surface area contributed by atoms with E-state index in [1.165, 1.54) is 0 Å². The van der Waals surface area contributed by atoms with Crippen molar-refractivity contribution < 1.29 is 4.42 Å². The lowest BCUT2D eigenvalue weighted by Gasteiger charge is -2.16. The maximum atomic E-state index is 6.02. The van der Waals surface area contributed by atoms with Crippen LogP contribution in [0.5, 0.6) is 0 Å². The van der Waals surface area contributed by atoms with Crippen molar-refractivity contribution >= 4 is 43.5 Å². The summed E-state index contributed by atoms with van der Waals surface area (Å²) in [7, 11) is 1.88. The van der Waals surface area contributed by atoms with E-state index in [2.05, 4.69) is 37.2 Å². The fraction of sp³-hybridized carbons (Fsp3) is 0.167. The van der Waals surface area contributed by atoms with E-state index >= 15 is 0 Å². The van der Waals surface area contributed by atoms with Crippen molar-refractivity contribution in [3.8, 4) is 0 Å². The molecule has 0 aliphatic rings. The van der Waals surface area contributed by atoms with Crippen LogP contribution in [-0.4, -0.2) is 7.05 Å². The molecular weight excluding hydrogens is 369 g/mol. The van der Waals surface area contributed by atoms with Gasteiger partial charge in [0.05, 0.1) is 6.04 Å². The van der Waals surface area contributed by atoms with Crippen molar-refractivity contribution in [3.05, 3.63) is 55.8 Å². The smallest absolute Gasteiger partial charge is 0.169 e. The van der Waals surface area contributed by atoms with Crippen molar-refractivity contribution in [2.75, 3.05) is 7.05 Å². The topological polar surface area (TPSA) is 25.2 Å². The lowest BCUT2D eigenvalue weighted by molar-refractivity contribution is 0.446. The Labute approximate surface area is 122 Å². The zero-order valence-corrected chi connectivity index (χ0v) is 12.9. The minimum atomic E-state index is -0.0330. The molecule has 5 heteroatoms. The van der Waals surface area contributed by atoms with Gasteiger partial charge in [-0.1, -0.05) is 27.5 Å². The van der Waals surface area contributed by atoms with Crippen molar-refractivity contribution in [1.82, 2.24) is 5.32 Å². The zero-order chi connectivity index (χ0) is 12.4. The largest absolute Gasteiger partial charge is 0.452 e. The van der Waals surface area contributed by atoms with Crippen LogP contribution in [0.4, 0.5) is 0 Å². The highest BCUT2D eigenvalue weighted by Crippen LogP contribution is 2.32. The van der Waals surface area contributed by atoms with Gasteiger partial charge in [-0.05, 0) is 58.9 Å². The molecule has 1 unspecified atom stereocenters. The normalized spacial score (nSPS) is 12.7. The molecule has 2 nitrogen and oxygen atoms in total. The molecule has 1 aromatic carbocycles. The van der Waals surface area contributed by atoms with Crippen LogP contribution < -0.4 is 5.32 Å². The fourth-order valence-electron chi connectivity index (χ4n) is 1.67. The van der Waals surface area contributed by atoms with Crippen molar-refractivity contribution in [2.45, 2.75) is 6.04 Å². The molecule has 17 heavy (non-hydrogen) atoms. The lowest BCUT2D eigenvalue weighted by atomic mass is 10.1. The van der Waals surface area contributed by atoms with Gasteiger partial charge < -0.3 is 9.73 Å². The molecule has 2 aromatic rings. The number of halogens is 3. The third kappa shape index (κ3) is 2.94. The highest BCUT2D eigenvalue weighted by atomic mass is 79.9. The summed E-state index contributed by atoms with van der Waals surface area (Å²) in [5, 5.41) is 3.92. The number of furan rings is 1. The van der Waals surface area contributed by atoms with Gasteiger partial charge in [0.2, 0.25) is 0 Å². The van der Waals surface area contributed by atoms with Gasteiger partial charge in [-0.25, -0.2) is 0 Å². The van der Waals surface area contributed by atoms with Gasteiger partial charge in [0.1, 0.15) is 5.76 Å². The van der Waals surface area contributed by atoms with Gasteiger partial charge >= 0.3 is 0 Å². The van der Waals surface area contributed by atoms with Gasteiger partial charge in [-0.3, -0.25) is 0 Å². The maximum Gasteiger partial charge on any atom is 0.169 e. The first-order valence-corrected chi connectivity index (χ1v) is 6.95. The summed E-state index contributed by atoms with van der Waals surface area (Å²) in [6, 6.07) is 9.47. The number of hydrogen-bond donors (Lipinski definition) is 1. The van der Waals surface area contributed by atoms with E-state index in [0.29, 0.717) is 9.69 Å². The van der Waals surface area contributed by atoms with Crippen LogP contribution in [-0.2, 0) is 0 Å². The monoisotopic (exact) mass is 377 g/mol. The Morgan fingerprint density at radius 1 is 1.24 bits per heavy atom. The number of rotatable bonds is 3. The standard InChI is InChI=1S/C12H10Br2ClNO/c1-16-12(10-4-5-11(14)17-10)8-6-7(15)2-3-9(8)13/h2-6,12,16H,1H3. The molecule has 0 saturated heterocycles. The summed E-state index contributed by atoms with van der Waals surface area (Å²) >= 11 is 12.8. The predicted molar refractivity (Wildman–Crippen MR) is 76.5 cm³/mol. The van der Waals surface area contributed by atoms with E-state index in [-0.39, 0.29) is 6.04 Å². The molecule has 1 atom stereocenters. The Morgan fingerprint density at radius 2 is 2.00 bits per heavy atom. The molecule has 0 bridgehead atoms. The molecule has 1 N–H and O–H groups in total. The summed E-state index contributed by atoms with van der Waals surface area (Å²) in [6.07, 6.45) is 0. The second-order valence-electron chi connectivity index (χ2n) is 3.53. The highest BCUT2D eigenvalue weighted by molar-refractivity contribution is 9.10. The van der Waals surface area contributed by atoms with Crippen LogP contribution >= 0.6 is 43.5 Å². The third-order valence-electron chi connectivity index (χ3n) is 2.44. The van der Waals surface area contributed by atoms with Crippen LogP contribution in [0.1, 0.15) is 17.4 Å². The average molecular weight is 379 g/mol. The van der Waals surface area contributed by atoms with Gasteiger partial charge in [0, 0.05) is 9.50 Å². The van der Waals surface area contributed by atoms with Crippen molar-refractivity contribution in [3.63, 3.8) is 0 Å². The lowest BCUT2D eigenvalue weighted by Crippen LogP contribution is -2.17. The SMILES string of the molecule is CNC(c1ccc(Br)o1)c1cc(Cl)ccc1Br. The molecule has 0 fully saturated rings. The molecule has 1 heterocycles. The highest BCUT2D eigenvalue weighted by Gasteiger charge is 2.18. The molecular formula is C12H10Br2ClNO. The van der Waals surface area contributed by atoms with Crippen LogP contribution in [0, 0.1) is 0 Å². The van der Waals surface area contributed by atoms with E-state index in [1.54, 1.807) is 0 Å². The third-order valence-corrected chi connectivity index (χ3v) is 3.82. The molecule has 0 aliphatic heterocycles. The van der Waals surface area contributed by atoms with Crippen LogP contribution in [0.25, 0.3) is 0 Å². The molecule has 0 amide bonds. The Hall–Kier alpha value is -0.290. The van der Waals surface area contributed by atoms with Crippen molar-refractivity contribution in [2.24, 2.45) is 0 Å². The Bertz CT molecular complexity index is 527. The summed E-state index contributed by atoms with van der Waals surface area (Å²) in [5.74, 6) is 0.836. The minimum Gasteiger partial charge on any atom is -0.452 e. The molecule has 0 saturated carbocycles. The van der Waals surface area contributed by atoms with E-state index in [4.69, 9.17) is 16.0 Å². The predicted octanol–water partition coefficient (Wildman–Crippen LogP) is 4.77. The van der Waals surface area contributed by atoms with Gasteiger partial charge in [0.15, 0.2) is 4.67 Å². The molecule has 0 spiro atoms.